The predicted octanol–water partition coefficient (Wildman–Crippen LogP) is 2.19. The smallest absolute Gasteiger partial charge is 0.399 e. The number of carbonyl (C=O) groups is 1. The predicted molar refractivity (Wildman–Crippen MR) is 72.2 cm³/mol. The van der Waals surface area contributed by atoms with Gasteiger partial charge in [-0.25, -0.2) is 0 Å². The molecule has 0 bridgehead atoms. The average molecular weight is 246 g/mol. The first kappa shape index (κ1) is 13.3. The van der Waals surface area contributed by atoms with Crippen molar-refractivity contribution >= 4 is 18.4 Å². The molecular weight excluding hydrogens is 227 g/mol. The van der Waals surface area contributed by atoms with Gasteiger partial charge in [-0.3, -0.25) is 4.79 Å². The van der Waals surface area contributed by atoms with Crippen molar-refractivity contribution in [3.8, 4) is 0 Å². The highest BCUT2D eigenvalue weighted by atomic mass is 16.7. The highest BCUT2D eigenvalue weighted by Crippen LogP contribution is 2.36. The van der Waals surface area contributed by atoms with Gasteiger partial charge in [0.15, 0.2) is 5.78 Å². The van der Waals surface area contributed by atoms with Crippen LogP contribution in [0.2, 0.25) is 0 Å². The molecule has 18 heavy (non-hydrogen) atoms. The van der Waals surface area contributed by atoms with Crippen LogP contribution in [0.25, 0.3) is 0 Å². The Morgan fingerprint density at radius 1 is 1.06 bits per heavy atom. The Morgan fingerprint density at radius 3 is 2.06 bits per heavy atom. The SMILES string of the molecule is CC(=O)c1ccccc1B1OC(C)(C)C(C)(C)O1. The molecular formula is C14H19BO3. The molecule has 3 nitrogen and oxygen atoms in total. The average Bonchev–Trinajstić information content (AvgIpc) is 2.48. The minimum atomic E-state index is -0.477. The highest BCUT2D eigenvalue weighted by molar-refractivity contribution is 6.63. The molecule has 1 aliphatic heterocycles. The molecule has 1 aliphatic rings. The first-order valence-corrected chi connectivity index (χ1v) is 6.20. The Balaban J connectivity index is 2.38. The summed E-state index contributed by atoms with van der Waals surface area (Å²) in [5.41, 5.74) is 0.697. The lowest BCUT2D eigenvalue weighted by atomic mass is 9.75. The Bertz CT molecular complexity index is 464. The van der Waals surface area contributed by atoms with Crippen LogP contribution in [0.3, 0.4) is 0 Å². The van der Waals surface area contributed by atoms with Gasteiger partial charge in [0.25, 0.3) is 0 Å². The Labute approximate surface area is 109 Å². The lowest BCUT2D eigenvalue weighted by molar-refractivity contribution is 0.00578. The fourth-order valence-corrected chi connectivity index (χ4v) is 1.99. The van der Waals surface area contributed by atoms with Crippen LogP contribution in [0.5, 0.6) is 0 Å². The minimum Gasteiger partial charge on any atom is -0.399 e. The van der Waals surface area contributed by atoms with Gasteiger partial charge in [-0.1, -0.05) is 24.3 Å². The van der Waals surface area contributed by atoms with Crippen LogP contribution in [0.15, 0.2) is 24.3 Å². The molecule has 0 N–H and O–H groups in total. The number of Topliss-reactive ketones (excluding diaryl/α,β-unsaturated/α-hetero) is 1. The molecule has 0 aliphatic carbocycles. The Morgan fingerprint density at radius 2 is 1.56 bits per heavy atom. The Kier molecular flexibility index (Phi) is 3.12. The second kappa shape index (κ2) is 4.21. The number of benzene rings is 1. The third-order valence-electron chi connectivity index (χ3n) is 3.85. The highest BCUT2D eigenvalue weighted by Gasteiger charge is 2.52. The largest absolute Gasteiger partial charge is 0.495 e. The molecule has 96 valence electrons. The van der Waals surface area contributed by atoms with Crippen LogP contribution < -0.4 is 5.46 Å². The van der Waals surface area contributed by atoms with E-state index in [1.165, 1.54) is 0 Å². The fraction of sp³-hybridized carbons (Fsp3) is 0.500. The van der Waals surface area contributed by atoms with Crippen molar-refractivity contribution in [1.82, 2.24) is 0 Å². The molecule has 1 saturated heterocycles. The van der Waals surface area contributed by atoms with Crippen molar-refractivity contribution in [2.45, 2.75) is 45.8 Å². The summed E-state index contributed by atoms with van der Waals surface area (Å²) in [7, 11) is -0.477. The summed E-state index contributed by atoms with van der Waals surface area (Å²) in [6, 6.07) is 7.44. The zero-order valence-corrected chi connectivity index (χ0v) is 11.6. The normalized spacial score (nSPS) is 21.1. The van der Waals surface area contributed by atoms with E-state index in [1.807, 2.05) is 52.0 Å². The van der Waals surface area contributed by atoms with E-state index in [-0.39, 0.29) is 17.0 Å². The van der Waals surface area contributed by atoms with Crippen LogP contribution in [0, 0.1) is 0 Å². The molecule has 0 saturated carbocycles. The monoisotopic (exact) mass is 246 g/mol. The van der Waals surface area contributed by atoms with Gasteiger partial charge in [0, 0.05) is 5.56 Å². The van der Waals surface area contributed by atoms with E-state index in [2.05, 4.69) is 0 Å². The maximum absolute atomic E-state index is 11.6. The molecule has 0 aromatic heterocycles. The summed E-state index contributed by atoms with van der Waals surface area (Å²) in [4.78, 5) is 11.6. The fourth-order valence-electron chi connectivity index (χ4n) is 1.99. The van der Waals surface area contributed by atoms with Crippen molar-refractivity contribution in [1.29, 1.82) is 0 Å². The minimum absolute atomic E-state index is 0.0281. The van der Waals surface area contributed by atoms with E-state index in [4.69, 9.17) is 9.31 Å². The van der Waals surface area contributed by atoms with Gasteiger partial charge in [-0.15, -0.1) is 0 Å². The van der Waals surface area contributed by atoms with Crippen LogP contribution >= 0.6 is 0 Å². The third kappa shape index (κ3) is 2.11. The van der Waals surface area contributed by atoms with Gasteiger partial charge < -0.3 is 9.31 Å². The molecule has 1 heterocycles. The van der Waals surface area contributed by atoms with Crippen molar-refractivity contribution in [3.05, 3.63) is 29.8 Å². The zero-order chi connectivity index (χ0) is 13.6. The van der Waals surface area contributed by atoms with Crippen LogP contribution in [0.4, 0.5) is 0 Å². The standard InChI is InChI=1S/C14H19BO3/c1-10(16)11-8-6-7-9-12(11)15-17-13(2,3)14(4,5)18-15/h6-9H,1-5H3. The first-order valence-electron chi connectivity index (χ1n) is 6.20. The summed E-state index contributed by atoms with van der Waals surface area (Å²) in [5, 5.41) is 0. The summed E-state index contributed by atoms with van der Waals surface area (Å²) >= 11 is 0. The maximum atomic E-state index is 11.6. The second-order valence-corrected chi connectivity index (χ2v) is 5.73. The van der Waals surface area contributed by atoms with E-state index in [9.17, 15) is 4.79 Å². The van der Waals surface area contributed by atoms with Crippen molar-refractivity contribution < 1.29 is 14.1 Å². The summed E-state index contributed by atoms with van der Waals surface area (Å²) < 4.78 is 11.9. The quantitative estimate of drug-likeness (QED) is 0.592. The molecule has 0 unspecified atom stereocenters. The molecule has 2 rings (SSSR count). The molecule has 0 atom stereocenters. The Hall–Kier alpha value is -1.13. The van der Waals surface area contributed by atoms with Gasteiger partial charge in [0.1, 0.15) is 0 Å². The molecule has 0 radical (unpaired) electrons. The lowest BCUT2D eigenvalue weighted by Gasteiger charge is -2.32. The van der Waals surface area contributed by atoms with Crippen molar-refractivity contribution in [2.75, 3.05) is 0 Å². The topological polar surface area (TPSA) is 35.5 Å². The second-order valence-electron chi connectivity index (χ2n) is 5.73. The van der Waals surface area contributed by atoms with E-state index >= 15 is 0 Å². The van der Waals surface area contributed by atoms with Crippen LogP contribution in [0.1, 0.15) is 45.0 Å². The zero-order valence-electron chi connectivity index (χ0n) is 11.6. The van der Waals surface area contributed by atoms with E-state index in [1.54, 1.807) is 6.92 Å². The molecule has 0 spiro atoms. The summed E-state index contributed by atoms with van der Waals surface area (Å²) in [6.45, 7) is 9.57. The van der Waals surface area contributed by atoms with E-state index < -0.39 is 7.12 Å². The number of hydrogen-bond acceptors (Lipinski definition) is 3. The van der Waals surface area contributed by atoms with Gasteiger partial charge >= 0.3 is 7.12 Å². The maximum Gasteiger partial charge on any atom is 0.495 e. The van der Waals surface area contributed by atoms with Crippen LogP contribution in [-0.2, 0) is 9.31 Å². The summed E-state index contributed by atoms with van der Waals surface area (Å²) in [5.74, 6) is 0.0281. The lowest BCUT2D eigenvalue weighted by Crippen LogP contribution is -2.41. The van der Waals surface area contributed by atoms with Crippen LogP contribution in [-0.4, -0.2) is 24.1 Å². The van der Waals surface area contributed by atoms with Gasteiger partial charge in [-0.2, -0.15) is 0 Å². The van der Waals surface area contributed by atoms with Gasteiger partial charge in [0.2, 0.25) is 0 Å². The molecule has 1 aromatic carbocycles. The molecule has 1 fully saturated rings. The van der Waals surface area contributed by atoms with E-state index in [0.29, 0.717) is 5.56 Å². The van der Waals surface area contributed by atoms with Gasteiger partial charge in [0.05, 0.1) is 11.2 Å². The first-order chi connectivity index (χ1) is 8.24. The van der Waals surface area contributed by atoms with Crippen molar-refractivity contribution in [3.63, 3.8) is 0 Å². The number of ketones is 1. The molecule has 0 amide bonds. The third-order valence-corrected chi connectivity index (χ3v) is 3.85. The number of carbonyl (C=O) groups excluding carboxylic acids is 1. The number of rotatable bonds is 2. The van der Waals surface area contributed by atoms with E-state index in [0.717, 1.165) is 5.46 Å². The van der Waals surface area contributed by atoms with Crippen molar-refractivity contribution in [2.24, 2.45) is 0 Å². The summed E-state index contributed by atoms with van der Waals surface area (Å²) in [6.07, 6.45) is 0. The molecule has 4 heteroatoms. The molecule has 1 aromatic rings. The number of hydrogen-bond donors (Lipinski definition) is 0. The van der Waals surface area contributed by atoms with Gasteiger partial charge in [-0.05, 0) is 40.1 Å².